The van der Waals surface area contributed by atoms with Crippen molar-refractivity contribution in [3.63, 3.8) is 0 Å². The molecule has 0 aliphatic heterocycles. The highest BCUT2D eigenvalue weighted by atomic mass is 79.9. The van der Waals surface area contributed by atoms with Gasteiger partial charge in [0.05, 0.1) is 11.7 Å². The zero-order valence-electron chi connectivity index (χ0n) is 9.26. The molecular formula is C12H16BrFO. The summed E-state index contributed by atoms with van der Waals surface area (Å²) in [6.45, 7) is 5.96. The van der Waals surface area contributed by atoms with Gasteiger partial charge in [-0.3, -0.25) is 0 Å². The van der Waals surface area contributed by atoms with E-state index in [1.54, 1.807) is 6.07 Å². The Morgan fingerprint density at radius 2 is 2.07 bits per heavy atom. The van der Waals surface area contributed by atoms with Gasteiger partial charge in [-0.1, -0.05) is 28.1 Å². The van der Waals surface area contributed by atoms with Crippen LogP contribution in [-0.2, 0) is 4.74 Å². The Balaban J connectivity index is 2.83. The topological polar surface area (TPSA) is 9.23 Å². The van der Waals surface area contributed by atoms with Gasteiger partial charge < -0.3 is 4.74 Å². The minimum absolute atomic E-state index is 0.110. The van der Waals surface area contributed by atoms with Gasteiger partial charge in [0.25, 0.3) is 0 Å². The largest absolute Gasteiger partial charge is 0.367 e. The predicted molar refractivity (Wildman–Crippen MR) is 63.8 cm³/mol. The van der Waals surface area contributed by atoms with E-state index in [1.807, 2.05) is 26.8 Å². The Morgan fingerprint density at radius 3 is 2.53 bits per heavy atom. The van der Waals surface area contributed by atoms with Crippen LogP contribution in [0, 0.1) is 5.82 Å². The van der Waals surface area contributed by atoms with E-state index >= 15 is 0 Å². The summed E-state index contributed by atoms with van der Waals surface area (Å²) in [7, 11) is 0. The summed E-state index contributed by atoms with van der Waals surface area (Å²) in [5.74, 6) is -0.226. The Morgan fingerprint density at radius 1 is 1.40 bits per heavy atom. The molecule has 1 atom stereocenters. The number of alkyl halides is 1. The van der Waals surface area contributed by atoms with Crippen LogP contribution in [0.15, 0.2) is 24.3 Å². The molecule has 0 saturated carbocycles. The fourth-order valence-electron chi connectivity index (χ4n) is 1.32. The third kappa shape index (κ3) is 4.31. The summed E-state index contributed by atoms with van der Waals surface area (Å²) in [5, 5.41) is 0.660. The van der Waals surface area contributed by atoms with Gasteiger partial charge in [-0.05, 0) is 38.5 Å². The zero-order valence-corrected chi connectivity index (χ0v) is 10.8. The van der Waals surface area contributed by atoms with E-state index < -0.39 is 0 Å². The lowest BCUT2D eigenvalue weighted by molar-refractivity contribution is -0.0502. The lowest BCUT2D eigenvalue weighted by Crippen LogP contribution is -2.23. The van der Waals surface area contributed by atoms with Gasteiger partial charge in [0.1, 0.15) is 5.82 Å². The second-order valence-electron chi connectivity index (χ2n) is 4.43. The monoisotopic (exact) mass is 274 g/mol. The van der Waals surface area contributed by atoms with Crippen LogP contribution in [0.2, 0.25) is 0 Å². The van der Waals surface area contributed by atoms with E-state index in [0.717, 1.165) is 5.56 Å². The number of hydrogen-bond acceptors (Lipinski definition) is 1. The summed E-state index contributed by atoms with van der Waals surface area (Å²) in [6.07, 6.45) is -0.110. The van der Waals surface area contributed by atoms with E-state index in [0.29, 0.717) is 5.33 Å². The minimum Gasteiger partial charge on any atom is -0.367 e. The summed E-state index contributed by atoms with van der Waals surface area (Å²) < 4.78 is 18.8. The molecule has 0 heterocycles. The highest BCUT2D eigenvalue weighted by molar-refractivity contribution is 9.09. The van der Waals surface area contributed by atoms with Crippen molar-refractivity contribution in [3.8, 4) is 0 Å². The molecule has 1 rings (SSSR count). The normalized spacial score (nSPS) is 13.9. The van der Waals surface area contributed by atoms with E-state index in [1.165, 1.54) is 12.1 Å². The number of halogens is 2. The number of benzene rings is 1. The quantitative estimate of drug-likeness (QED) is 0.755. The summed E-state index contributed by atoms with van der Waals surface area (Å²) in [6, 6.07) is 6.52. The number of hydrogen-bond donors (Lipinski definition) is 0. The fourth-order valence-corrected chi connectivity index (χ4v) is 1.83. The van der Waals surface area contributed by atoms with Crippen molar-refractivity contribution in [3.05, 3.63) is 35.6 Å². The SMILES string of the molecule is CC(C)(C)OC(CBr)c1cccc(F)c1. The molecule has 15 heavy (non-hydrogen) atoms. The fraction of sp³-hybridized carbons (Fsp3) is 0.500. The maximum Gasteiger partial charge on any atom is 0.123 e. The van der Waals surface area contributed by atoms with Crippen molar-refractivity contribution in [2.75, 3.05) is 5.33 Å². The summed E-state index contributed by atoms with van der Waals surface area (Å²) in [4.78, 5) is 0. The Bertz CT molecular complexity index is 320. The molecule has 3 heteroatoms. The van der Waals surface area contributed by atoms with Crippen LogP contribution in [0.1, 0.15) is 32.4 Å². The van der Waals surface area contributed by atoms with Gasteiger partial charge in [0.2, 0.25) is 0 Å². The summed E-state index contributed by atoms with van der Waals surface area (Å²) in [5.41, 5.74) is 0.631. The first-order chi connectivity index (χ1) is 6.92. The van der Waals surface area contributed by atoms with Gasteiger partial charge in [0, 0.05) is 5.33 Å². The van der Waals surface area contributed by atoms with E-state index in [-0.39, 0.29) is 17.5 Å². The van der Waals surface area contributed by atoms with Crippen LogP contribution in [0.5, 0.6) is 0 Å². The molecule has 0 radical (unpaired) electrons. The van der Waals surface area contributed by atoms with Crippen LogP contribution >= 0.6 is 15.9 Å². The smallest absolute Gasteiger partial charge is 0.123 e. The molecular weight excluding hydrogens is 259 g/mol. The highest BCUT2D eigenvalue weighted by Crippen LogP contribution is 2.25. The van der Waals surface area contributed by atoms with E-state index in [2.05, 4.69) is 15.9 Å². The van der Waals surface area contributed by atoms with Crippen LogP contribution in [0.3, 0.4) is 0 Å². The molecule has 0 N–H and O–H groups in total. The number of ether oxygens (including phenoxy) is 1. The zero-order chi connectivity index (χ0) is 11.5. The Kier molecular flexibility index (Phi) is 4.29. The molecule has 1 nitrogen and oxygen atoms in total. The minimum atomic E-state index is -0.231. The molecule has 0 aliphatic rings. The molecule has 1 unspecified atom stereocenters. The van der Waals surface area contributed by atoms with Crippen molar-refractivity contribution in [2.45, 2.75) is 32.5 Å². The maximum absolute atomic E-state index is 13.0. The van der Waals surface area contributed by atoms with Crippen molar-refractivity contribution < 1.29 is 9.13 Å². The lowest BCUT2D eigenvalue weighted by atomic mass is 10.1. The highest BCUT2D eigenvalue weighted by Gasteiger charge is 2.19. The Hall–Kier alpha value is -0.410. The molecule has 1 aromatic rings. The van der Waals surface area contributed by atoms with Crippen LogP contribution in [0.4, 0.5) is 4.39 Å². The molecule has 0 bridgehead atoms. The first kappa shape index (κ1) is 12.7. The molecule has 0 fully saturated rings. The van der Waals surface area contributed by atoms with Gasteiger partial charge in [-0.25, -0.2) is 4.39 Å². The van der Waals surface area contributed by atoms with Crippen molar-refractivity contribution in [1.29, 1.82) is 0 Å². The first-order valence-electron chi connectivity index (χ1n) is 4.91. The first-order valence-corrected chi connectivity index (χ1v) is 6.04. The average molecular weight is 275 g/mol. The van der Waals surface area contributed by atoms with Crippen molar-refractivity contribution in [2.24, 2.45) is 0 Å². The van der Waals surface area contributed by atoms with Crippen LogP contribution in [0.25, 0.3) is 0 Å². The lowest BCUT2D eigenvalue weighted by Gasteiger charge is -2.26. The van der Waals surface area contributed by atoms with E-state index in [9.17, 15) is 4.39 Å². The molecule has 84 valence electrons. The van der Waals surface area contributed by atoms with E-state index in [4.69, 9.17) is 4.74 Å². The second kappa shape index (κ2) is 5.08. The van der Waals surface area contributed by atoms with Gasteiger partial charge in [-0.15, -0.1) is 0 Å². The number of rotatable bonds is 3. The van der Waals surface area contributed by atoms with Crippen LogP contribution in [-0.4, -0.2) is 10.9 Å². The van der Waals surface area contributed by atoms with Crippen LogP contribution < -0.4 is 0 Å². The van der Waals surface area contributed by atoms with Gasteiger partial charge in [0.15, 0.2) is 0 Å². The molecule has 0 spiro atoms. The van der Waals surface area contributed by atoms with Gasteiger partial charge >= 0.3 is 0 Å². The maximum atomic E-state index is 13.0. The average Bonchev–Trinajstić information content (AvgIpc) is 2.13. The molecule has 0 aliphatic carbocycles. The van der Waals surface area contributed by atoms with Crippen molar-refractivity contribution >= 4 is 15.9 Å². The van der Waals surface area contributed by atoms with Crippen molar-refractivity contribution in [1.82, 2.24) is 0 Å². The molecule has 0 saturated heterocycles. The standard InChI is InChI=1S/C12H16BrFO/c1-12(2,3)15-11(8-13)9-5-4-6-10(14)7-9/h4-7,11H,8H2,1-3H3. The molecule has 1 aromatic carbocycles. The van der Waals surface area contributed by atoms with Gasteiger partial charge in [-0.2, -0.15) is 0 Å². The third-order valence-electron chi connectivity index (χ3n) is 1.86. The molecule has 0 amide bonds. The second-order valence-corrected chi connectivity index (χ2v) is 5.08. The third-order valence-corrected chi connectivity index (χ3v) is 2.44. The summed E-state index contributed by atoms with van der Waals surface area (Å²) >= 11 is 3.38. The predicted octanol–water partition coefficient (Wildman–Crippen LogP) is 4.08. The Labute approximate surface area is 98.8 Å². The molecule has 0 aromatic heterocycles.